The molecule has 1 aromatic rings. The molecule has 1 aliphatic rings. The van der Waals surface area contributed by atoms with Gasteiger partial charge < -0.3 is 0 Å². The lowest BCUT2D eigenvalue weighted by Gasteiger charge is -2.16. The first-order valence-electron chi connectivity index (χ1n) is 5.79. The Kier molecular flexibility index (Phi) is 3.90. The van der Waals surface area contributed by atoms with E-state index in [1.807, 2.05) is 6.07 Å². The molecule has 1 unspecified atom stereocenters. The van der Waals surface area contributed by atoms with E-state index in [9.17, 15) is 8.42 Å². The fourth-order valence-corrected chi connectivity index (χ4v) is 4.25. The molecule has 0 aromatic heterocycles. The SMILES string of the molecule is CCC1CCN(S(=O)(=O)c2cccc(Br)c2)C1. The molecule has 94 valence electrons. The summed E-state index contributed by atoms with van der Waals surface area (Å²) in [4.78, 5) is 0.378. The van der Waals surface area contributed by atoms with Crippen LogP contribution in [0.5, 0.6) is 0 Å². The minimum atomic E-state index is -3.30. The summed E-state index contributed by atoms with van der Waals surface area (Å²) in [5, 5.41) is 0. The third-order valence-electron chi connectivity index (χ3n) is 3.26. The highest BCUT2D eigenvalue weighted by Gasteiger charge is 2.31. The third kappa shape index (κ3) is 2.72. The molecule has 1 aromatic carbocycles. The Hall–Kier alpha value is -0.390. The summed E-state index contributed by atoms with van der Waals surface area (Å²) in [5.41, 5.74) is 0. The predicted octanol–water partition coefficient (Wildman–Crippen LogP) is 2.87. The zero-order valence-corrected chi connectivity index (χ0v) is 12.2. The minimum Gasteiger partial charge on any atom is -0.207 e. The standard InChI is InChI=1S/C12H16BrNO2S/c1-2-10-6-7-14(9-10)17(15,16)12-5-3-4-11(13)8-12/h3-5,8,10H,2,6-7,9H2,1H3. The average molecular weight is 318 g/mol. The van der Waals surface area contributed by atoms with Gasteiger partial charge in [0.15, 0.2) is 0 Å². The van der Waals surface area contributed by atoms with Gasteiger partial charge in [-0.25, -0.2) is 8.42 Å². The Balaban J connectivity index is 2.25. The average Bonchev–Trinajstić information content (AvgIpc) is 2.78. The van der Waals surface area contributed by atoms with Crippen LogP contribution in [-0.2, 0) is 10.0 Å². The van der Waals surface area contributed by atoms with Gasteiger partial charge in [0, 0.05) is 17.6 Å². The summed E-state index contributed by atoms with van der Waals surface area (Å²) >= 11 is 3.31. The Labute approximate surface area is 111 Å². The molecule has 0 N–H and O–H groups in total. The van der Waals surface area contributed by atoms with Gasteiger partial charge in [0.2, 0.25) is 10.0 Å². The van der Waals surface area contributed by atoms with Crippen LogP contribution in [0.15, 0.2) is 33.6 Å². The maximum atomic E-state index is 12.4. The number of nitrogens with zero attached hydrogens (tertiary/aromatic N) is 1. The van der Waals surface area contributed by atoms with E-state index >= 15 is 0 Å². The highest BCUT2D eigenvalue weighted by Crippen LogP contribution is 2.27. The van der Waals surface area contributed by atoms with Crippen molar-refractivity contribution in [1.29, 1.82) is 0 Å². The number of hydrogen-bond donors (Lipinski definition) is 0. The second-order valence-electron chi connectivity index (χ2n) is 4.38. The van der Waals surface area contributed by atoms with Crippen LogP contribution in [0.1, 0.15) is 19.8 Å². The summed E-state index contributed by atoms with van der Waals surface area (Å²) in [6.45, 7) is 3.42. The molecule has 1 fully saturated rings. The van der Waals surface area contributed by atoms with E-state index in [0.717, 1.165) is 17.3 Å². The van der Waals surface area contributed by atoms with Crippen molar-refractivity contribution in [3.63, 3.8) is 0 Å². The Morgan fingerprint density at radius 2 is 2.24 bits per heavy atom. The van der Waals surface area contributed by atoms with Crippen LogP contribution in [-0.4, -0.2) is 25.8 Å². The molecule has 0 spiro atoms. The molecular weight excluding hydrogens is 302 g/mol. The van der Waals surface area contributed by atoms with Crippen LogP contribution in [0, 0.1) is 5.92 Å². The van der Waals surface area contributed by atoms with Crippen LogP contribution >= 0.6 is 15.9 Å². The molecule has 17 heavy (non-hydrogen) atoms. The number of rotatable bonds is 3. The molecule has 0 saturated carbocycles. The van der Waals surface area contributed by atoms with Crippen LogP contribution in [0.3, 0.4) is 0 Å². The molecule has 2 rings (SSSR count). The van der Waals surface area contributed by atoms with Crippen LogP contribution in [0.4, 0.5) is 0 Å². The molecule has 0 amide bonds. The monoisotopic (exact) mass is 317 g/mol. The zero-order chi connectivity index (χ0) is 12.5. The highest BCUT2D eigenvalue weighted by atomic mass is 79.9. The van der Waals surface area contributed by atoms with Gasteiger partial charge in [0.25, 0.3) is 0 Å². The topological polar surface area (TPSA) is 37.4 Å². The van der Waals surface area contributed by atoms with Gasteiger partial charge in [-0.15, -0.1) is 0 Å². The molecule has 1 aliphatic heterocycles. The second kappa shape index (κ2) is 5.08. The van der Waals surface area contributed by atoms with Crippen molar-refractivity contribution in [3.05, 3.63) is 28.7 Å². The maximum absolute atomic E-state index is 12.4. The molecule has 1 atom stereocenters. The molecule has 1 saturated heterocycles. The van der Waals surface area contributed by atoms with Crippen LogP contribution in [0.2, 0.25) is 0 Å². The van der Waals surface area contributed by atoms with Gasteiger partial charge in [0.1, 0.15) is 0 Å². The van der Waals surface area contributed by atoms with Crippen molar-refractivity contribution >= 4 is 26.0 Å². The number of halogens is 1. The summed E-state index contributed by atoms with van der Waals surface area (Å²) < 4.78 is 27.1. The highest BCUT2D eigenvalue weighted by molar-refractivity contribution is 9.10. The van der Waals surface area contributed by atoms with Gasteiger partial charge in [0.05, 0.1) is 4.90 Å². The number of benzene rings is 1. The van der Waals surface area contributed by atoms with Gasteiger partial charge in [-0.2, -0.15) is 4.31 Å². The lowest BCUT2D eigenvalue weighted by molar-refractivity contribution is 0.453. The maximum Gasteiger partial charge on any atom is 0.243 e. The largest absolute Gasteiger partial charge is 0.243 e. The summed E-state index contributed by atoms with van der Waals surface area (Å²) in [6.07, 6.45) is 2.02. The lowest BCUT2D eigenvalue weighted by Crippen LogP contribution is -2.28. The summed E-state index contributed by atoms with van der Waals surface area (Å²) in [6, 6.07) is 6.90. The van der Waals surface area contributed by atoms with Crippen molar-refractivity contribution in [3.8, 4) is 0 Å². The summed E-state index contributed by atoms with van der Waals surface area (Å²) in [7, 11) is -3.30. The van der Waals surface area contributed by atoms with Crippen molar-refractivity contribution in [1.82, 2.24) is 4.31 Å². The molecule has 5 heteroatoms. The third-order valence-corrected chi connectivity index (χ3v) is 5.61. The minimum absolute atomic E-state index is 0.378. The van der Waals surface area contributed by atoms with E-state index in [2.05, 4.69) is 22.9 Å². The molecule has 1 heterocycles. The fourth-order valence-electron chi connectivity index (χ4n) is 2.13. The molecule has 0 aliphatic carbocycles. The molecule has 0 radical (unpaired) electrons. The van der Waals surface area contributed by atoms with Crippen LogP contribution < -0.4 is 0 Å². The van der Waals surface area contributed by atoms with Gasteiger partial charge in [-0.05, 0) is 30.5 Å². The molecule has 0 bridgehead atoms. The molecule has 3 nitrogen and oxygen atoms in total. The number of sulfonamides is 1. The van der Waals surface area contributed by atoms with E-state index in [1.54, 1.807) is 22.5 Å². The zero-order valence-electron chi connectivity index (χ0n) is 9.77. The first-order chi connectivity index (χ1) is 8.04. The Morgan fingerprint density at radius 1 is 1.47 bits per heavy atom. The fraction of sp³-hybridized carbons (Fsp3) is 0.500. The molecular formula is C12H16BrNO2S. The Bertz CT molecular complexity index is 501. The van der Waals surface area contributed by atoms with Crippen LogP contribution in [0.25, 0.3) is 0 Å². The van der Waals surface area contributed by atoms with E-state index < -0.39 is 10.0 Å². The Morgan fingerprint density at radius 3 is 2.82 bits per heavy atom. The quantitative estimate of drug-likeness (QED) is 0.859. The normalized spacial score (nSPS) is 21.9. The second-order valence-corrected chi connectivity index (χ2v) is 7.24. The van der Waals surface area contributed by atoms with E-state index in [-0.39, 0.29) is 0 Å². The first kappa shape index (κ1) is 13.1. The van der Waals surface area contributed by atoms with Crippen molar-refractivity contribution in [2.75, 3.05) is 13.1 Å². The number of hydrogen-bond acceptors (Lipinski definition) is 2. The van der Waals surface area contributed by atoms with Gasteiger partial charge >= 0.3 is 0 Å². The first-order valence-corrected chi connectivity index (χ1v) is 8.03. The van der Waals surface area contributed by atoms with E-state index in [1.165, 1.54) is 0 Å². The van der Waals surface area contributed by atoms with Crippen molar-refractivity contribution in [2.24, 2.45) is 5.92 Å². The van der Waals surface area contributed by atoms with E-state index in [0.29, 0.717) is 23.9 Å². The summed E-state index contributed by atoms with van der Waals surface area (Å²) in [5.74, 6) is 0.511. The van der Waals surface area contributed by atoms with Crippen molar-refractivity contribution in [2.45, 2.75) is 24.7 Å². The smallest absolute Gasteiger partial charge is 0.207 e. The van der Waals surface area contributed by atoms with E-state index in [4.69, 9.17) is 0 Å². The van der Waals surface area contributed by atoms with Crippen molar-refractivity contribution < 1.29 is 8.42 Å². The predicted molar refractivity (Wildman–Crippen MR) is 71.3 cm³/mol. The lowest BCUT2D eigenvalue weighted by atomic mass is 10.1. The van der Waals surface area contributed by atoms with Gasteiger partial charge in [-0.1, -0.05) is 35.3 Å². The van der Waals surface area contributed by atoms with Gasteiger partial charge in [-0.3, -0.25) is 0 Å².